The fraction of sp³-hybridized carbons (Fsp3) is 0.0909. The predicted molar refractivity (Wildman–Crippen MR) is 106 cm³/mol. The smallest absolute Gasteiger partial charge is 0.349 e. The van der Waals surface area contributed by atoms with Gasteiger partial charge in [-0.25, -0.2) is 4.79 Å². The largest absolute Gasteiger partial charge is 0.422 e. The van der Waals surface area contributed by atoms with Gasteiger partial charge in [-0.05, 0) is 62.4 Å². The Hall–Kier alpha value is -3.60. The maximum Gasteiger partial charge on any atom is 0.349 e. The van der Waals surface area contributed by atoms with Crippen LogP contribution in [0.5, 0.6) is 0 Å². The standard InChI is InChI=1S/C22H18N2O3/c1-14-7-8-15(2)24(14)18-11-9-17(10-12-18)23-21(25)19-13-16-5-3-4-6-20(16)27-22(19)26/h3-13H,1-2H3,(H,23,25). The molecule has 0 aliphatic rings. The topological polar surface area (TPSA) is 64.2 Å². The normalized spacial score (nSPS) is 10.9. The van der Waals surface area contributed by atoms with E-state index in [0.29, 0.717) is 16.7 Å². The first-order chi connectivity index (χ1) is 13.0. The van der Waals surface area contributed by atoms with Gasteiger partial charge in [0.05, 0.1) is 0 Å². The number of rotatable bonds is 3. The van der Waals surface area contributed by atoms with E-state index in [-0.39, 0.29) is 5.56 Å². The summed E-state index contributed by atoms with van der Waals surface area (Å²) in [6.45, 7) is 4.09. The van der Waals surface area contributed by atoms with Gasteiger partial charge < -0.3 is 14.3 Å². The predicted octanol–water partition coefficient (Wildman–Crippen LogP) is 4.45. The number of carbonyl (C=O) groups is 1. The molecule has 0 bridgehead atoms. The van der Waals surface area contributed by atoms with Gasteiger partial charge in [0.15, 0.2) is 0 Å². The van der Waals surface area contributed by atoms with Crippen molar-refractivity contribution in [2.24, 2.45) is 0 Å². The molecular weight excluding hydrogens is 340 g/mol. The number of amides is 1. The van der Waals surface area contributed by atoms with Gasteiger partial charge in [-0.15, -0.1) is 0 Å². The Morgan fingerprint density at radius 1 is 0.926 bits per heavy atom. The number of aromatic nitrogens is 1. The third-order valence-electron chi connectivity index (χ3n) is 4.54. The molecule has 0 spiro atoms. The highest BCUT2D eigenvalue weighted by Crippen LogP contribution is 2.19. The summed E-state index contributed by atoms with van der Waals surface area (Å²) in [5, 5.41) is 3.46. The number of carbonyl (C=O) groups excluding carboxylic acids is 1. The second-order valence-corrected chi connectivity index (χ2v) is 6.44. The van der Waals surface area contributed by atoms with Crippen molar-refractivity contribution in [1.29, 1.82) is 0 Å². The SMILES string of the molecule is Cc1ccc(C)n1-c1ccc(NC(=O)c2cc3ccccc3oc2=O)cc1. The fourth-order valence-corrected chi connectivity index (χ4v) is 3.19. The summed E-state index contributed by atoms with van der Waals surface area (Å²) in [4.78, 5) is 24.6. The van der Waals surface area contributed by atoms with Crippen LogP contribution < -0.4 is 10.9 Å². The van der Waals surface area contributed by atoms with Gasteiger partial charge in [0, 0.05) is 28.1 Å². The molecule has 2 aromatic heterocycles. The number of fused-ring (bicyclic) bond motifs is 1. The van der Waals surface area contributed by atoms with Crippen LogP contribution in [0.2, 0.25) is 0 Å². The van der Waals surface area contributed by atoms with Crippen molar-refractivity contribution in [3.63, 3.8) is 0 Å². The highest BCUT2D eigenvalue weighted by molar-refractivity contribution is 6.05. The van der Waals surface area contributed by atoms with Crippen molar-refractivity contribution in [1.82, 2.24) is 4.57 Å². The van der Waals surface area contributed by atoms with E-state index in [1.165, 1.54) is 0 Å². The number of nitrogens with zero attached hydrogens (tertiary/aromatic N) is 1. The third-order valence-corrected chi connectivity index (χ3v) is 4.54. The van der Waals surface area contributed by atoms with Gasteiger partial charge >= 0.3 is 5.63 Å². The molecule has 2 aromatic carbocycles. The molecule has 2 heterocycles. The Labute approximate surface area is 155 Å². The minimum Gasteiger partial charge on any atom is -0.422 e. The van der Waals surface area contributed by atoms with Crippen molar-refractivity contribution in [3.8, 4) is 5.69 Å². The van der Waals surface area contributed by atoms with Gasteiger partial charge in [0.2, 0.25) is 0 Å². The third kappa shape index (κ3) is 3.15. The average molecular weight is 358 g/mol. The molecule has 1 amide bonds. The van der Waals surface area contributed by atoms with Crippen molar-refractivity contribution < 1.29 is 9.21 Å². The van der Waals surface area contributed by atoms with Crippen molar-refractivity contribution in [2.75, 3.05) is 5.32 Å². The van der Waals surface area contributed by atoms with E-state index in [0.717, 1.165) is 17.1 Å². The summed E-state index contributed by atoms with van der Waals surface area (Å²) in [6.07, 6.45) is 0. The first-order valence-corrected chi connectivity index (χ1v) is 8.62. The van der Waals surface area contributed by atoms with Crippen molar-refractivity contribution >= 4 is 22.6 Å². The number of benzene rings is 2. The summed E-state index contributed by atoms with van der Waals surface area (Å²) in [5.74, 6) is -0.490. The number of hydrogen-bond donors (Lipinski definition) is 1. The molecule has 4 rings (SSSR count). The molecule has 4 aromatic rings. The molecule has 0 saturated carbocycles. The van der Waals surface area contributed by atoms with Crippen LogP contribution in [0.4, 0.5) is 5.69 Å². The molecule has 134 valence electrons. The molecule has 0 unspecified atom stereocenters. The van der Waals surface area contributed by atoms with Crippen LogP contribution in [0.15, 0.2) is 75.9 Å². The molecule has 0 aliphatic heterocycles. The second-order valence-electron chi connectivity index (χ2n) is 6.44. The maximum absolute atomic E-state index is 12.5. The van der Waals surface area contributed by atoms with Crippen LogP contribution in [0, 0.1) is 13.8 Å². The summed E-state index contributed by atoms with van der Waals surface area (Å²) in [5.41, 5.74) is 3.69. The molecular formula is C22H18N2O3. The van der Waals surface area contributed by atoms with Gasteiger partial charge in [-0.2, -0.15) is 0 Å². The zero-order valence-corrected chi connectivity index (χ0v) is 15.0. The highest BCUT2D eigenvalue weighted by atomic mass is 16.4. The zero-order chi connectivity index (χ0) is 19.0. The lowest BCUT2D eigenvalue weighted by Gasteiger charge is -2.11. The zero-order valence-electron chi connectivity index (χ0n) is 15.0. The monoisotopic (exact) mass is 358 g/mol. The van der Waals surface area contributed by atoms with Crippen LogP contribution >= 0.6 is 0 Å². The Morgan fingerprint density at radius 3 is 2.30 bits per heavy atom. The lowest BCUT2D eigenvalue weighted by Crippen LogP contribution is -2.20. The summed E-state index contributed by atoms with van der Waals surface area (Å²) in [6, 6.07) is 20.3. The van der Waals surface area contributed by atoms with Gasteiger partial charge in [-0.1, -0.05) is 18.2 Å². The Balaban J connectivity index is 1.60. The van der Waals surface area contributed by atoms with E-state index >= 15 is 0 Å². The first kappa shape index (κ1) is 16.8. The van der Waals surface area contributed by atoms with E-state index in [1.54, 1.807) is 24.3 Å². The van der Waals surface area contributed by atoms with Crippen molar-refractivity contribution in [3.05, 3.63) is 94.1 Å². The van der Waals surface area contributed by atoms with Crippen LogP contribution in [-0.2, 0) is 0 Å². The maximum atomic E-state index is 12.5. The molecule has 5 nitrogen and oxygen atoms in total. The molecule has 5 heteroatoms. The van der Waals surface area contributed by atoms with E-state index in [9.17, 15) is 9.59 Å². The number of para-hydroxylation sites is 1. The lowest BCUT2D eigenvalue weighted by molar-refractivity contribution is 0.102. The minimum atomic E-state index is -0.651. The first-order valence-electron chi connectivity index (χ1n) is 8.62. The Morgan fingerprint density at radius 2 is 1.59 bits per heavy atom. The lowest BCUT2D eigenvalue weighted by atomic mass is 10.1. The second kappa shape index (κ2) is 6.61. The van der Waals surface area contributed by atoms with Crippen LogP contribution in [0.1, 0.15) is 21.7 Å². The van der Waals surface area contributed by atoms with Crippen LogP contribution in [-0.4, -0.2) is 10.5 Å². The Bertz CT molecular complexity index is 1180. The summed E-state index contributed by atoms with van der Waals surface area (Å²) >= 11 is 0. The minimum absolute atomic E-state index is 0.0186. The van der Waals surface area contributed by atoms with Crippen LogP contribution in [0.25, 0.3) is 16.7 Å². The van der Waals surface area contributed by atoms with Crippen LogP contribution in [0.3, 0.4) is 0 Å². The van der Waals surface area contributed by atoms with Gasteiger partial charge in [0.1, 0.15) is 11.1 Å². The van der Waals surface area contributed by atoms with E-state index in [4.69, 9.17) is 4.42 Å². The van der Waals surface area contributed by atoms with Gasteiger partial charge in [-0.3, -0.25) is 4.79 Å². The van der Waals surface area contributed by atoms with Gasteiger partial charge in [0.25, 0.3) is 5.91 Å². The molecule has 1 N–H and O–H groups in total. The quantitative estimate of drug-likeness (QED) is 0.550. The van der Waals surface area contributed by atoms with E-state index in [1.807, 2.05) is 44.2 Å². The highest BCUT2D eigenvalue weighted by Gasteiger charge is 2.14. The molecule has 0 radical (unpaired) electrons. The molecule has 0 atom stereocenters. The molecule has 27 heavy (non-hydrogen) atoms. The Kier molecular flexibility index (Phi) is 4.12. The molecule has 0 aliphatic carbocycles. The molecule has 0 saturated heterocycles. The van der Waals surface area contributed by atoms with E-state index in [2.05, 4.69) is 22.0 Å². The number of nitrogens with one attached hydrogen (secondary N) is 1. The average Bonchev–Trinajstić information content (AvgIpc) is 3.00. The number of aryl methyl sites for hydroxylation is 2. The van der Waals surface area contributed by atoms with Crippen molar-refractivity contribution in [2.45, 2.75) is 13.8 Å². The summed E-state index contributed by atoms with van der Waals surface area (Å²) < 4.78 is 7.35. The van der Waals surface area contributed by atoms with E-state index < -0.39 is 11.5 Å². The molecule has 0 fully saturated rings. The fourth-order valence-electron chi connectivity index (χ4n) is 3.19. The summed E-state index contributed by atoms with van der Waals surface area (Å²) in [7, 11) is 0. The number of hydrogen-bond acceptors (Lipinski definition) is 3. The number of anilines is 1.